The maximum absolute atomic E-state index is 12.2. The average Bonchev–Trinajstić information content (AvgIpc) is 2.38. The molecule has 0 saturated carbocycles. The first-order valence-electron chi connectivity index (χ1n) is 6.14. The van der Waals surface area contributed by atoms with E-state index >= 15 is 0 Å². The lowest BCUT2D eigenvalue weighted by molar-refractivity contribution is 0.0808. The highest BCUT2D eigenvalue weighted by atomic mass is 16.3. The van der Waals surface area contributed by atoms with Crippen molar-refractivity contribution in [2.75, 3.05) is 19.7 Å². The Labute approximate surface area is 103 Å². The van der Waals surface area contributed by atoms with Gasteiger partial charge < -0.3 is 5.11 Å². The molecule has 0 aliphatic heterocycles. The number of nitrogens with zero attached hydrogens (tertiary/aromatic N) is 1. The minimum atomic E-state index is -0.176. The molecule has 1 atom stereocenters. The third kappa shape index (κ3) is 3.95. The number of Topliss-reactive ketones (excluding diaryl/α,β-unsaturated/α-hetero) is 1. The maximum Gasteiger partial charge on any atom is 0.179 e. The van der Waals surface area contributed by atoms with Gasteiger partial charge in [-0.1, -0.05) is 37.3 Å². The number of carbonyl (C=O) groups excluding carboxylic acids is 1. The van der Waals surface area contributed by atoms with Crippen LogP contribution in [0, 0.1) is 0 Å². The number of aliphatic hydroxyl groups is 1. The largest absolute Gasteiger partial charge is 0.395 e. The molecule has 0 amide bonds. The monoisotopic (exact) mass is 235 g/mol. The van der Waals surface area contributed by atoms with Crippen molar-refractivity contribution in [3.63, 3.8) is 0 Å². The molecule has 0 aromatic heterocycles. The van der Waals surface area contributed by atoms with E-state index < -0.39 is 0 Å². The Morgan fingerprint density at radius 1 is 1.29 bits per heavy atom. The van der Waals surface area contributed by atoms with Crippen LogP contribution >= 0.6 is 0 Å². The van der Waals surface area contributed by atoms with E-state index in [0.29, 0.717) is 6.54 Å². The second kappa shape index (κ2) is 7.20. The number of ketones is 1. The quantitative estimate of drug-likeness (QED) is 0.734. The van der Waals surface area contributed by atoms with Gasteiger partial charge in [-0.15, -0.1) is 0 Å². The van der Waals surface area contributed by atoms with Gasteiger partial charge in [0.2, 0.25) is 0 Å². The third-order valence-electron chi connectivity index (χ3n) is 2.88. The Balaban J connectivity index is 2.73. The Hall–Kier alpha value is -1.19. The van der Waals surface area contributed by atoms with E-state index in [4.69, 9.17) is 5.11 Å². The first-order chi connectivity index (χ1) is 8.20. The fraction of sp³-hybridized carbons (Fsp3) is 0.500. The fourth-order valence-electron chi connectivity index (χ4n) is 1.92. The fourth-order valence-corrected chi connectivity index (χ4v) is 1.92. The Morgan fingerprint density at radius 2 is 1.94 bits per heavy atom. The van der Waals surface area contributed by atoms with Crippen LogP contribution < -0.4 is 0 Å². The van der Waals surface area contributed by atoms with E-state index in [9.17, 15) is 4.79 Å². The van der Waals surface area contributed by atoms with E-state index in [1.807, 2.05) is 42.2 Å². The second-order valence-corrected chi connectivity index (χ2v) is 4.17. The van der Waals surface area contributed by atoms with Crippen LogP contribution in [-0.4, -0.2) is 41.5 Å². The molecule has 1 aromatic rings. The van der Waals surface area contributed by atoms with Crippen LogP contribution in [0.4, 0.5) is 0 Å². The molecule has 0 saturated heterocycles. The number of hydrogen-bond donors (Lipinski definition) is 1. The van der Waals surface area contributed by atoms with Crippen molar-refractivity contribution in [2.24, 2.45) is 0 Å². The standard InChI is InChI=1S/C14H21NO2/c1-3-9-15(10-11-16)12(2)14(17)13-7-5-4-6-8-13/h4-8,12,16H,3,9-11H2,1-2H3. The summed E-state index contributed by atoms with van der Waals surface area (Å²) < 4.78 is 0. The van der Waals surface area contributed by atoms with Gasteiger partial charge in [0.25, 0.3) is 0 Å². The topological polar surface area (TPSA) is 40.5 Å². The molecule has 1 unspecified atom stereocenters. The summed E-state index contributed by atoms with van der Waals surface area (Å²) in [5.41, 5.74) is 0.735. The predicted molar refractivity (Wildman–Crippen MR) is 69.2 cm³/mol. The van der Waals surface area contributed by atoms with E-state index in [1.54, 1.807) is 0 Å². The minimum absolute atomic E-state index is 0.0897. The molecule has 0 radical (unpaired) electrons. The van der Waals surface area contributed by atoms with Crippen molar-refractivity contribution >= 4 is 5.78 Å². The number of rotatable bonds is 7. The van der Waals surface area contributed by atoms with Crippen molar-refractivity contribution in [1.82, 2.24) is 4.90 Å². The lowest BCUT2D eigenvalue weighted by Crippen LogP contribution is -2.41. The zero-order valence-electron chi connectivity index (χ0n) is 10.6. The lowest BCUT2D eigenvalue weighted by atomic mass is 10.0. The molecule has 17 heavy (non-hydrogen) atoms. The molecule has 0 aliphatic rings. The van der Waals surface area contributed by atoms with Gasteiger partial charge in [-0.05, 0) is 19.9 Å². The zero-order valence-corrected chi connectivity index (χ0v) is 10.6. The van der Waals surface area contributed by atoms with Gasteiger partial charge >= 0.3 is 0 Å². The minimum Gasteiger partial charge on any atom is -0.395 e. The van der Waals surface area contributed by atoms with E-state index in [-0.39, 0.29) is 18.4 Å². The van der Waals surface area contributed by atoms with E-state index in [2.05, 4.69) is 6.92 Å². The summed E-state index contributed by atoms with van der Waals surface area (Å²) in [5.74, 6) is 0.118. The summed E-state index contributed by atoms with van der Waals surface area (Å²) in [6.45, 7) is 5.45. The van der Waals surface area contributed by atoms with Crippen LogP contribution in [0.1, 0.15) is 30.6 Å². The Bertz CT molecular complexity index is 331. The summed E-state index contributed by atoms with van der Waals surface area (Å²) in [5, 5.41) is 9.01. The molecule has 1 rings (SSSR count). The smallest absolute Gasteiger partial charge is 0.179 e. The highest BCUT2D eigenvalue weighted by Crippen LogP contribution is 2.09. The second-order valence-electron chi connectivity index (χ2n) is 4.17. The van der Waals surface area contributed by atoms with Gasteiger partial charge in [-0.2, -0.15) is 0 Å². The van der Waals surface area contributed by atoms with Crippen LogP contribution in [-0.2, 0) is 0 Å². The molecule has 0 heterocycles. The van der Waals surface area contributed by atoms with Gasteiger partial charge in [-0.3, -0.25) is 9.69 Å². The van der Waals surface area contributed by atoms with Gasteiger partial charge in [0.1, 0.15) is 0 Å². The third-order valence-corrected chi connectivity index (χ3v) is 2.88. The maximum atomic E-state index is 12.2. The molecular weight excluding hydrogens is 214 g/mol. The summed E-state index contributed by atoms with van der Waals surface area (Å²) in [7, 11) is 0. The lowest BCUT2D eigenvalue weighted by Gasteiger charge is -2.26. The molecular formula is C14H21NO2. The normalized spacial score (nSPS) is 12.7. The summed E-state index contributed by atoms with van der Waals surface area (Å²) in [6, 6.07) is 9.14. The molecule has 0 fully saturated rings. The Morgan fingerprint density at radius 3 is 2.47 bits per heavy atom. The average molecular weight is 235 g/mol. The van der Waals surface area contributed by atoms with E-state index in [1.165, 1.54) is 0 Å². The molecule has 0 aliphatic carbocycles. The molecule has 3 heteroatoms. The van der Waals surface area contributed by atoms with Crippen LogP contribution in [0.3, 0.4) is 0 Å². The molecule has 1 aromatic carbocycles. The van der Waals surface area contributed by atoms with Crippen molar-refractivity contribution in [3.8, 4) is 0 Å². The Kier molecular flexibility index (Phi) is 5.87. The summed E-state index contributed by atoms with van der Waals surface area (Å²) in [6.07, 6.45) is 0.979. The van der Waals surface area contributed by atoms with Crippen molar-refractivity contribution < 1.29 is 9.90 Å². The van der Waals surface area contributed by atoms with Crippen molar-refractivity contribution in [2.45, 2.75) is 26.3 Å². The van der Waals surface area contributed by atoms with Gasteiger partial charge in [0.15, 0.2) is 5.78 Å². The van der Waals surface area contributed by atoms with Gasteiger partial charge in [0, 0.05) is 12.1 Å². The van der Waals surface area contributed by atoms with Crippen molar-refractivity contribution in [1.29, 1.82) is 0 Å². The highest BCUT2D eigenvalue weighted by molar-refractivity contribution is 5.99. The molecule has 3 nitrogen and oxygen atoms in total. The first-order valence-corrected chi connectivity index (χ1v) is 6.14. The highest BCUT2D eigenvalue weighted by Gasteiger charge is 2.21. The van der Waals surface area contributed by atoms with Crippen LogP contribution in [0.2, 0.25) is 0 Å². The van der Waals surface area contributed by atoms with Gasteiger partial charge in [-0.25, -0.2) is 0 Å². The van der Waals surface area contributed by atoms with Crippen LogP contribution in [0.5, 0.6) is 0 Å². The predicted octanol–water partition coefficient (Wildman–Crippen LogP) is 1.96. The number of aliphatic hydroxyl groups excluding tert-OH is 1. The SMILES string of the molecule is CCCN(CCO)C(C)C(=O)c1ccccc1. The molecule has 0 spiro atoms. The van der Waals surface area contributed by atoms with Crippen LogP contribution in [0.15, 0.2) is 30.3 Å². The van der Waals surface area contributed by atoms with Gasteiger partial charge in [0.05, 0.1) is 12.6 Å². The van der Waals surface area contributed by atoms with Crippen LogP contribution in [0.25, 0.3) is 0 Å². The number of carbonyl (C=O) groups is 1. The number of benzene rings is 1. The first kappa shape index (κ1) is 13.9. The number of hydrogen-bond acceptors (Lipinski definition) is 3. The van der Waals surface area contributed by atoms with Crippen molar-refractivity contribution in [3.05, 3.63) is 35.9 Å². The van der Waals surface area contributed by atoms with E-state index in [0.717, 1.165) is 18.5 Å². The molecule has 94 valence electrons. The molecule has 0 bridgehead atoms. The molecule has 1 N–H and O–H groups in total. The summed E-state index contributed by atoms with van der Waals surface area (Å²) >= 11 is 0. The zero-order chi connectivity index (χ0) is 12.7. The summed E-state index contributed by atoms with van der Waals surface area (Å²) in [4.78, 5) is 14.2.